The number of thiophene rings is 1. The van der Waals surface area contributed by atoms with Gasteiger partial charge >= 0.3 is 5.97 Å². The molecule has 5 heteroatoms. The molecule has 0 atom stereocenters. The fraction of sp³-hybridized carbons (Fsp3) is 0.333. The number of imidazole rings is 1. The molecule has 90 valence electrons. The van der Waals surface area contributed by atoms with E-state index in [0.29, 0.717) is 13.0 Å². The standard InChI is InChI=1S/C12H14N2O2S/c1-3-16-11(15)8-10-9(4-7-17-10)12-13-5-6-14(12)2/h4-7H,3,8H2,1-2H3. The maximum Gasteiger partial charge on any atom is 0.311 e. The zero-order valence-electron chi connectivity index (χ0n) is 9.84. The maximum atomic E-state index is 11.5. The van der Waals surface area contributed by atoms with Crippen molar-refractivity contribution in [1.82, 2.24) is 9.55 Å². The van der Waals surface area contributed by atoms with E-state index < -0.39 is 0 Å². The zero-order valence-corrected chi connectivity index (χ0v) is 10.7. The molecule has 0 radical (unpaired) electrons. The van der Waals surface area contributed by atoms with Crippen LogP contribution in [0, 0.1) is 0 Å². The highest BCUT2D eigenvalue weighted by Crippen LogP contribution is 2.27. The molecule has 0 aromatic carbocycles. The summed E-state index contributed by atoms with van der Waals surface area (Å²) in [6.07, 6.45) is 3.95. The van der Waals surface area contributed by atoms with E-state index in [1.165, 1.54) is 0 Å². The lowest BCUT2D eigenvalue weighted by atomic mass is 10.2. The van der Waals surface area contributed by atoms with E-state index in [-0.39, 0.29) is 5.97 Å². The van der Waals surface area contributed by atoms with Crippen LogP contribution in [0.1, 0.15) is 11.8 Å². The Kier molecular flexibility index (Phi) is 3.58. The van der Waals surface area contributed by atoms with Crippen molar-refractivity contribution in [3.8, 4) is 11.4 Å². The van der Waals surface area contributed by atoms with Gasteiger partial charge in [-0.05, 0) is 18.4 Å². The number of aryl methyl sites for hydroxylation is 1. The SMILES string of the molecule is CCOC(=O)Cc1sccc1-c1nccn1C. The Balaban J connectivity index is 2.23. The van der Waals surface area contributed by atoms with E-state index in [0.717, 1.165) is 16.3 Å². The molecule has 4 nitrogen and oxygen atoms in total. The number of nitrogens with zero attached hydrogens (tertiary/aromatic N) is 2. The van der Waals surface area contributed by atoms with Crippen LogP contribution in [-0.2, 0) is 23.0 Å². The summed E-state index contributed by atoms with van der Waals surface area (Å²) >= 11 is 1.56. The number of hydrogen-bond donors (Lipinski definition) is 0. The van der Waals surface area contributed by atoms with Crippen LogP contribution in [0.15, 0.2) is 23.8 Å². The highest BCUT2D eigenvalue weighted by Gasteiger charge is 2.14. The number of carbonyl (C=O) groups is 1. The van der Waals surface area contributed by atoms with Crippen LogP contribution in [-0.4, -0.2) is 22.1 Å². The largest absolute Gasteiger partial charge is 0.466 e. The first kappa shape index (κ1) is 11.9. The lowest BCUT2D eigenvalue weighted by Crippen LogP contribution is -2.07. The zero-order chi connectivity index (χ0) is 12.3. The molecule has 0 saturated carbocycles. The van der Waals surface area contributed by atoms with Crippen LogP contribution >= 0.6 is 11.3 Å². The van der Waals surface area contributed by atoms with Crippen molar-refractivity contribution in [2.75, 3.05) is 6.61 Å². The molecule has 0 aliphatic carbocycles. The highest BCUT2D eigenvalue weighted by molar-refractivity contribution is 7.10. The lowest BCUT2D eigenvalue weighted by Gasteiger charge is -2.04. The molecule has 0 aliphatic heterocycles. The second kappa shape index (κ2) is 5.14. The van der Waals surface area contributed by atoms with Gasteiger partial charge in [-0.15, -0.1) is 11.3 Å². The molecule has 0 saturated heterocycles. The molecule has 0 unspecified atom stereocenters. The van der Waals surface area contributed by atoms with Gasteiger partial charge < -0.3 is 9.30 Å². The summed E-state index contributed by atoms with van der Waals surface area (Å²) in [6, 6.07) is 1.99. The molecule has 17 heavy (non-hydrogen) atoms. The van der Waals surface area contributed by atoms with E-state index in [9.17, 15) is 4.79 Å². The fourth-order valence-electron chi connectivity index (χ4n) is 1.65. The van der Waals surface area contributed by atoms with E-state index in [1.54, 1.807) is 17.5 Å². The van der Waals surface area contributed by atoms with Crippen molar-refractivity contribution in [3.05, 3.63) is 28.7 Å². The normalized spacial score (nSPS) is 10.5. The van der Waals surface area contributed by atoms with Crippen LogP contribution in [0.25, 0.3) is 11.4 Å². The van der Waals surface area contributed by atoms with E-state index in [4.69, 9.17) is 4.74 Å². The predicted octanol–water partition coefficient (Wildman–Crippen LogP) is 2.25. The van der Waals surface area contributed by atoms with E-state index in [2.05, 4.69) is 4.98 Å². The Morgan fingerprint density at radius 1 is 1.59 bits per heavy atom. The quantitative estimate of drug-likeness (QED) is 0.782. The third-order valence-electron chi connectivity index (χ3n) is 2.42. The van der Waals surface area contributed by atoms with Gasteiger partial charge in [0.2, 0.25) is 0 Å². The number of ether oxygens (including phenoxy) is 1. The second-order valence-electron chi connectivity index (χ2n) is 3.60. The molecule has 2 aromatic heterocycles. The van der Waals surface area contributed by atoms with Gasteiger partial charge in [-0.2, -0.15) is 0 Å². The van der Waals surface area contributed by atoms with Crippen LogP contribution < -0.4 is 0 Å². The minimum absolute atomic E-state index is 0.189. The Bertz CT molecular complexity index is 516. The van der Waals surface area contributed by atoms with Gasteiger partial charge in [0.1, 0.15) is 5.82 Å². The van der Waals surface area contributed by atoms with Gasteiger partial charge in [-0.1, -0.05) is 0 Å². The highest BCUT2D eigenvalue weighted by atomic mass is 32.1. The number of esters is 1. The van der Waals surface area contributed by atoms with Crippen molar-refractivity contribution < 1.29 is 9.53 Å². The van der Waals surface area contributed by atoms with Crippen LogP contribution in [0.4, 0.5) is 0 Å². The molecule has 0 aliphatic rings. The minimum atomic E-state index is -0.189. The molecular formula is C12H14N2O2S. The summed E-state index contributed by atoms with van der Waals surface area (Å²) in [6.45, 7) is 2.23. The fourth-order valence-corrected chi connectivity index (χ4v) is 2.50. The molecular weight excluding hydrogens is 236 g/mol. The smallest absolute Gasteiger partial charge is 0.311 e. The summed E-state index contributed by atoms with van der Waals surface area (Å²) in [4.78, 5) is 16.8. The summed E-state index contributed by atoms with van der Waals surface area (Å²) in [5.41, 5.74) is 1.01. The average molecular weight is 250 g/mol. The Morgan fingerprint density at radius 3 is 3.06 bits per heavy atom. The Morgan fingerprint density at radius 2 is 2.41 bits per heavy atom. The first-order valence-corrected chi connectivity index (χ1v) is 6.30. The molecule has 0 amide bonds. The van der Waals surface area contributed by atoms with Crippen LogP contribution in [0.3, 0.4) is 0 Å². The van der Waals surface area contributed by atoms with Crippen molar-refractivity contribution in [1.29, 1.82) is 0 Å². The Labute approximate surface area is 104 Å². The average Bonchev–Trinajstić information content (AvgIpc) is 2.87. The third-order valence-corrected chi connectivity index (χ3v) is 3.34. The van der Waals surface area contributed by atoms with Crippen LogP contribution in [0.5, 0.6) is 0 Å². The number of rotatable bonds is 4. The number of aromatic nitrogens is 2. The minimum Gasteiger partial charge on any atom is -0.466 e. The first-order valence-electron chi connectivity index (χ1n) is 5.42. The third kappa shape index (κ3) is 2.55. The number of carbonyl (C=O) groups excluding carboxylic acids is 1. The molecule has 2 rings (SSSR count). The topological polar surface area (TPSA) is 44.1 Å². The summed E-state index contributed by atoms with van der Waals surface area (Å²) in [5.74, 6) is 0.691. The first-order chi connectivity index (χ1) is 8.22. The predicted molar refractivity (Wildman–Crippen MR) is 66.9 cm³/mol. The Hall–Kier alpha value is -1.62. The summed E-state index contributed by atoms with van der Waals surface area (Å²) in [7, 11) is 1.94. The molecule has 0 spiro atoms. The van der Waals surface area contributed by atoms with Gasteiger partial charge in [0.15, 0.2) is 0 Å². The van der Waals surface area contributed by atoms with Gasteiger partial charge in [0, 0.05) is 29.9 Å². The van der Waals surface area contributed by atoms with Crippen LogP contribution in [0.2, 0.25) is 0 Å². The molecule has 0 bridgehead atoms. The van der Waals surface area contributed by atoms with Crippen molar-refractivity contribution >= 4 is 17.3 Å². The van der Waals surface area contributed by atoms with E-state index in [1.807, 2.05) is 36.2 Å². The monoisotopic (exact) mass is 250 g/mol. The summed E-state index contributed by atoms with van der Waals surface area (Å²) < 4.78 is 6.90. The van der Waals surface area contributed by atoms with Gasteiger partial charge in [-0.25, -0.2) is 4.98 Å². The van der Waals surface area contributed by atoms with Crippen molar-refractivity contribution in [2.24, 2.45) is 7.05 Å². The maximum absolute atomic E-state index is 11.5. The molecule has 2 heterocycles. The number of hydrogen-bond acceptors (Lipinski definition) is 4. The van der Waals surface area contributed by atoms with E-state index >= 15 is 0 Å². The molecule has 2 aromatic rings. The summed E-state index contributed by atoms with van der Waals surface area (Å²) in [5, 5.41) is 1.97. The molecule has 0 N–H and O–H groups in total. The molecule has 0 fully saturated rings. The lowest BCUT2D eigenvalue weighted by molar-refractivity contribution is -0.142. The van der Waals surface area contributed by atoms with Crippen molar-refractivity contribution in [3.63, 3.8) is 0 Å². The van der Waals surface area contributed by atoms with Crippen molar-refractivity contribution in [2.45, 2.75) is 13.3 Å². The van der Waals surface area contributed by atoms with Gasteiger partial charge in [-0.3, -0.25) is 4.79 Å². The van der Waals surface area contributed by atoms with Gasteiger partial charge in [0.25, 0.3) is 0 Å². The van der Waals surface area contributed by atoms with Gasteiger partial charge in [0.05, 0.1) is 13.0 Å². The second-order valence-corrected chi connectivity index (χ2v) is 4.60.